The van der Waals surface area contributed by atoms with Gasteiger partial charge >= 0.3 is 0 Å². The van der Waals surface area contributed by atoms with Crippen molar-refractivity contribution < 1.29 is 14.3 Å². The molecule has 2 bridgehead atoms. The van der Waals surface area contributed by atoms with Gasteiger partial charge in [0.2, 0.25) is 11.8 Å². The van der Waals surface area contributed by atoms with Gasteiger partial charge in [-0.25, -0.2) is 0 Å². The summed E-state index contributed by atoms with van der Waals surface area (Å²) in [5, 5.41) is 0. The molecule has 3 heterocycles. The maximum absolute atomic E-state index is 12.8. The molecule has 0 spiro atoms. The number of carbonyl (C=O) groups is 2. The lowest BCUT2D eigenvalue weighted by Crippen LogP contribution is -2.61. The van der Waals surface area contributed by atoms with Crippen molar-refractivity contribution in [2.75, 3.05) is 26.2 Å². The van der Waals surface area contributed by atoms with Crippen molar-refractivity contribution in [3.05, 3.63) is 29.8 Å². The van der Waals surface area contributed by atoms with E-state index in [1.165, 1.54) is 6.42 Å². The van der Waals surface area contributed by atoms with Crippen LogP contribution in [0.25, 0.3) is 0 Å². The Morgan fingerprint density at radius 2 is 2.00 bits per heavy atom. The summed E-state index contributed by atoms with van der Waals surface area (Å²) >= 11 is 0. The van der Waals surface area contributed by atoms with E-state index in [-0.39, 0.29) is 5.91 Å². The molecule has 5 heteroatoms. The van der Waals surface area contributed by atoms with Crippen LogP contribution in [0.5, 0.6) is 5.75 Å². The molecule has 0 aromatic heterocycles. The quantitative estimate of drug-likeness (QED) is 0.833. The summed E-state index contributed by atoms with van der Waals surface area (Å²) in [5.41, 5.74) is 1.03. The van der Waals surface area contributed by atoms with Crippen LogP contribution >= 0.6 is 0 Å². The molecule has 5 nitrogen and oxygen atoms in total. The van der Waals surface area contributed by atoms with Gasteiger partial charge in [-0.05, 0) is 55.7 Å². The molecule has 0 saturated carbocycles. The van der Waals surface area contributed by atoms with Crippen LogP contribution in [-0.4, -0.2) is 53.9 Å². The van der Waals surface area contributed by atoms with Gasteiger partial charge in [0.15, 0.2) is 0 Å². The van der Waals surface area contributed by atoms with Crippen LogP contribution < -0.4 is 4.74 Å². The highest BCUT2D eigenvalue weighted by atomic mass is 16.5. The van der Waals surface area contributed by atoms with Gasteiger partial charge < -0.3 is 14.5 Å². The lowest BCUT2D eigenvalue weighted by atomic mass is 9.76. The summed E-state index contributed by atoms with van der Waals surface area (Å²) in [4.78, 5) is 29.2. The maximum Gasteiger partial charge on any atom is 0.227 e. The predicted molar refractivity (Wildman–Crippen MR) is 98.8 cm³/mol. The van der Waals surface area contributed by atoms with E-state index in [1.54, 1.807) is 0 Å². The number of rotatable bonds is 4. The zero-order valence-corrected chi connectivity index (χ0v) is 15.5. The highest BCUT2D eigenvalue weighted by Crippen LogP contribution is 2.38. The highest BCUT2D eigenvalue weighted by Gasteiger charge is 2.44. The lowest BCUT2D eigenvalue weighted by Gasteiger charge is -2.52. The molecule has 0 N–H and O–H groups in total. The molecule has 1 aromatic rings. The minimum absolute atomic E-state index is 0.208. The topological polar surface area (TPSA) is 49.9 Å². The number of hydrogen-bond acceptors (Lipinski definition) is 3. The van der Waals surface area contributed by atoms with Crippen molar-refractivity contribution in [2.24, 2.45) is 11.8 Å². The SMILES string of the molecule is CCOc1ccc(CC(=O)N2CC3CC(C2)C2CCCC(=O)N2C3)cc1. The summed E-state index contributed by atoms with van der Waals surface area (Å²) in [6, 6.07) is 8.18. The van der Waals surface area contributed by atoms with Crippen LogP contribution in [-0.2, 0) is 16.0 Å². The van der Waals surface area contributed by atoms with E-state index in [1.807, 2.05) is 36.1 Å². The highest BCUT2D eigenvalue weighted by molar-refractivity contribution is 5.79. The second kappa shape index (κ2) is 7.29. The number of amides is 2. The molecule has 0 radical (unpaired) electrons. The van der Waals surface area contributed by atoms with Gasteiger partial charge in [0.25, 0.3) is 0 Å². The second-order valence-electron chi connectivity index (χ2n) is 7.92. The van der Waals surface area contributed by atoms with Gasteiger partial charge in [0, 0.05) is 32.1 Å². The zero-order valence-electron chi connectivity index (χ0n) is 15.5. The van der Waals surface area contributed by atoms with Crippen molar-refractivity contribution in [3.8, 4) is 5.75 Å². The molecule has 4 rings (SSSR count). The fraction of sp³-hybridized carbons (Fsp3) is 0.619. The van der Waals surface area contributed by atoms with Crippen molar-refractivity contribution in [2.45, 2.75) is 45.1 Å². The minimum Gasteiger partial charge on any atom is -0.494 e. The van der Waals surface area contributed by atoms with Crippen molar-refractivity contribution >= 4 is 11.8 Å². The normalized spacial score (nSPS) is 27.9. The molecule has 1 aromatic carbocycles. The second-order valence-corrected chi connectivity index (χ2v) is 7.92. The molecule has 2 amide bonds. The van der Waals surface area contributed by atoms with E-state index in [9.17, 15) is 9.59 Å². The fourth-order valence-corrected chi connectivity index (χ4v) is 4.97. The molecule has 3 unspecified atom stereocenters. The molecular formula is C21H28N2O3. The summed E-state index contributed by atoms with van der Waals surface area (Å²) in [6.45, 7) is 5.05. The van der Waals surface area contributed by atoms with E-state index in [4.69, 9.17) is 4.74 Å². The van der Waals surface area contributed by atoms with Gasteiger partial charge in [-0.1, -0.05) is 12.1 Å². The predicted octanol–water partition coefficient (Wildman–Crippen LogP) is 2.49. The molecule has 0 aliphatic carbocycles. The number of nitrogens with zero attached hydrogens (tertiary/aromatic N) is 2. The molecule has 3 fully saturated rings. The monoisotopic (exact) mass is 356 g/mol. The molecule has 3 aliphatic heterocycles. The lowest BCUT2D eigenvalue weighted by molar-refractivity contribution is -0.148. The third kappa shape index (κ3) is 3.44. The molecule has 3 aliphatic rings. The first-order valence-corrected chi connectivity index (χ1v) is 9.93. The zero-order chi connectivity index (χ0) is 18.1. The largest absolute Gasteiger partial charge is 0.494 e. The third-order valence-corrected chi connectivity index (χ3v) is 6.12. The average molecular weight is 356 g/mol. The Bertz CT molecular complexity index is 672. The van der Waals surface area contributed by atoms with E-state index in [2.05, 4.69) is 4.90 Å². The standard InChI is InChI=1S/C21H28N2O3/c1-2-26-18-8-6-15(7-9-18)11-21(25)22-12-16-10-17(14-22)19-4-3-5-20(24)23(19)13-16/h6-9,16-17,19H,2-5,10-14H2,1H3. The van der Waals surface area contributed by atoms with Crippen LogP contribution in [0.15, 0.2) is 24.3 Å². The fourth-order valence-electron chi connectivity index (χ4n) is 4.97. The summed E-state index contributed by atoms with van der Waals surface area (Å²) in [7, 11) is 0. The first-order chi connectivity index (χ1) is 12.6. The summed E-state index contributed by atoms with van der Waals surface area (Å²) in [6.07, 6.45) is 4.42. The van der Waals surface area contributed by atoms with Gasteiger partial charge in [-0.15, -0.1) is 0 Å². The molecule has 3 saturated heterocycles. The van der Waals surface area contributed by atoms with E-state index in [0.717, 1.165) is 43.8 Å². The Morgan fingerprint density at radius 3 is 2.77 bits per heavy atom. The van der Waals surface area contributed by atoms with E-state index >= 15 is 0 Å². The minimum atomic E-state index is 0.208. The Hall–Kier alpha value is -2.04. The Kier molecular flexibility index (Phi) is 4.88. The van der Waals surface area contributed by atoms with Crippen molar-refractivity contribution in [3.63, 3.8) is 0 Å². The van der Waals surface area contributed by atoms with Crippen LogP contribution in [0.4, 0.5) is 0 Å². The molecule has 140 valence electrons. The van der Waals surface area contributed by atoms with Crippen molar-refractivity contribution in [1.82, 2.24) is 9.80 Å². The van der Waals surface area contributed by atoms with Gasteiger partial charge in [0.1, 0.15) is 5.75 Å². The Morgan fingerprint density at radius 1 is 1.19 bits per heavy atom. The van der Waals surface area contributed by atoms with Crippen molar-refractivity contribution in [1.29, 1.82) is 0 Å². The number of carbonyl (C=O) groups excluding carboxylic acids is 2. The molecule has 3 atom stereocenters. The molecule has 26 heavy (non-hydrogen) atoms. The van der Waals surface area contributed by atoms with Crippen LogP contribution in [0, 0.1) is 11.8 Å². The van der Waals surface area contributed by atoms with E-state index in [0.29, 0.717) is 43.2 Å². The average Bonchev–Trinajstić information content (AvgIpc) is 2.64. The van der Waals surface area contributed by atoms with Gasteiger partial charge in [-0.3, -0.25) is 9.59 Å². The number of ether oxygens (including phenoxy) is 1. The maximum atomic E-state index is 12.8. The van der Waals surface area contributed by atoms with Crippen LogP contribution in [0.2, 0.25) is 0 Å². The number of benzene rings is 1. The first-order valence-electron chi connectivity index (χ1n) is 9.93. The van der Waals surface area contributed by atoms with Crippen LogP contribution in [0.1, 0.15) is 38.2 Å². The third-order valence-electron chi connectivity index (χ3n) is 6.12. The van der Waals surface area contributed by atoms with E-state index < -0.39 is 0 Å². The first kappa shape index (κ1) is 17.4. The number of hydrogen-bond donors (Lipinski definition) is 0. The van der Waals surface area contributed by atoms with Gasteiger partial charge in [-0.2, -0.15) is 0 Å². The Labute approximate surface area is 155 Å². The van der Waals surface area contributed by atoms with Crippen LogP contribution in [0.3, 0.4) is 0 Å². The number of piperidine rings is 3. The Balaban J connectivity index is 1.39. The number of fused-ring (bicyclic) bond motifs is 4. The number of likely N-dealkylation sites (tertiary alicyclic amines) is 1. The summed E-state index contributed by atoms with van der Waals surface area (Å²) < 4.78 is 5.46. The van der Waals surface area contributed by atoms with Gasteiger partial charge in [0.05, 0.1) is 13.0 Å². The summed E-state index contributed by atoms with van der Waals surface area (Å²) in [5.74, 6) is 2.27. The smallest absolute Gasteiger partial charge is 0.227 e. The molecular weight excluding hydrogens is 328 g/mol.